The summed E-state index contributed by atoms with van der Waals surface area (Å²) in [7, 11) is 0. The monoisotopic (exact) mass is 216 g/mol. The third-order valence-corrected chi connectivity index (χ3v) is 2.52. The second kappa shape index (κ2) is 6.05. The molecular formula is C10H20N2O3. The summed E-state index contributed by atoms with van der Waals surface area (Å²) >= 11 is 0. The van der Waals surface area contributed by atoms with Crippen molar-refractivity contribution in [1.82, 2.24) is 10.6 Å². The standard InChI is InChI=1S/C10H20N2O3/c1-7(13)3-2-4-11-10(15)9-5-8(14)6-12-9/h7-9,12-14H,2-6H2,1H3,(H,11,15). The van der Waals surface area contributed by atoms with Crippen LogP contribution in [0, 0.1) is 0 Å². The van der Waals surface area contributed by atoms with Crippen molar-refractivity contribution in [2.45, 2.75) is 44.4 Å². The van der Waals surface area contributed by atoms with Gasteiger partial charge in [-0.15, -0.1) is 0 Å². The van der Waals surface area contributed by atoms with E-state index in [0.29, 0.717) is 25.9 Å². The van der Waals surface area contributed by atoms with E-state index in [2.05, 4.69) is 10.6 Å². The zero-order valence-electron chi connectivity index (χ0n) is 9.07. The smallest absolute Gasteiger partial charge is 0.237 e. The van der Waals surface area contributed by atoms with Gasteiger partial charge in [-0.3, -0.25) is 4.79 Å². The number of amides is 1. The van der Waals surface area contributed by atoms with E-state index in [-0.39, 0.29) is 18.1 Å². The van der Waals surface area contributed by atoms with Gasteiger partial charge in [0.2, 0.25) is 5.91 Å². The third-order valence-electron chi connectivity index (χ3n) is 2.52. The lowest BCUT2D eigenvalue weighted by Gasteiger charge is -2.11. The molecule has 15 heavy (non-hydrogen) atoms. The van der Waals surface area contributed by atoms with E-state index in [4.69, 9.17) is 5.11 Å². The third kappa shape index (κ3) is 4.59. The molecule has 1 aliphatic heterocycles. The summed E-state index contributed by atoms with van der Waals surface area (Å²) < 4.78 is 0. The number of hydrogen-bond donors (Lipinski definition) is 4. The van der Waals surface area contributed by atoms with Crippen molar-refractivity contribution < 1.29 is 15.0 Å². The normalized spacial score (nSPS) is 27.7. The van der Waals surface area contributed by atoms with Gasteiger partial charge in [0, 0.05) is 13.1 Å². The van der Waals surface area contributed by atoms with E-state index in [1.54, 1.807) is 6.92 Å². The first-order valence-corrected chi connectivity index (χ1v) is 5.47. The minimum Gasteiger partial charge on any atom is -0.393 e. The Balaban J connectivity index is 2.08. The zero-order chi connectivity index (χ0) is 11.3. The van der Waals surface area contributed by atoms with E-state index < -0.39 is 6.10 Å². The van der Waals surface area contributed by atoms with Gasteiger partial charge in [-0.1, -0.05) is 0 Å². The molecule has 0 aliphatic carbocycles. The fraction of sp³-hybridized carbons (Fsp3) is 0.900. The van der Waals surface area contributed by atoms with Crippen molar-refractivity contribution in [2.75, 3.05) is 13.1 Å². The zero-order valence-corrected chi connectivity index (χ0v) is 9.07. The number of aliphatic hydroxyl groups is 2. The highest BCUT2D eigenvalue weighted by Gasteiger charge is 2.27. The average Bonchev–Trinajstić information content (AvgIpc) is 2.59. The first-order valence-electron chi connectivity index (χ1n) is 5.47. The molecule has 88 valence electrons. The molecule has 0 aromatic heterocycles. The van der Waals surface area contributed by atoms with Crippen molar-refractivity contribution >= 4 is 5.91 Å². The Morgan fingerprint density at radius 3 is 2.93 bits per heavy atom. The maximum atomic E-state index is 11.5. The first kappa shape index (κ1) is 12.4. The SMILES string of the molecule is CC(O)CCCNC(=O)C1CC(O)CN1. The van der Waals surface area contributed by atoms with Gasteiger partial charge in [0.05, 0.1) is 18.2 Å². The van der Waals surface area contributed by atoms with Gasteiger partial charge < -0.3 is 20.8 Å². The van der Waals surface area contributed by atoms with Crippen molar-refractivity contribution in [3.8, 4) is 0 Å². The Morgan fingerprint density at radius 2 is 2.40 bits per heavy atom. The number of aliphatic hydroxyl groups excluding tert-OH is 2. The largest absolute Gasteiger partial charge is 0.393 e. The van der Waals surface area contributed by atoms with Crippen LogP contribution < -0.4 is 10.6 Å². The van der Waals surface area contributed by atoms with Gasteiger partial charge >= 0.3 is 0 Å². The number of rotatable bonds is 5. The highest BCUT2D eigenvalue weighted by molar-refractivity contribution is 5.82. The summed E-state index contributed by atoms with van der Waals surface area (Å²) in [6.07, 6.45) is 1.24. The molecule has 5 nitrogen and oxygen atoms in total. The maximum Gasteiger partial charge on any atom is 0.237 e. The highest BCUT2D eigenvalue weighted by atomic mass is 16.3. The van der Waals surface area contributed by atoms with E-state index in [0.717, 1.165) is 6.42 Å². The first-order chi connectivity index (χ1) is 7.09. The Bertz CT molecular complexity index is 209. The fourth-order valence-corrected chi connectivity index (χ4v) is 1.65. The van der Waals surface area contributed by atoms with Crippen molar-refractivity contribution in [2.24, 2.45) is 0 Å². The summed E-state index contributed by atoms with van der Waals surface area (Å²) in [6, 6.07) is -0.258. The minimum atomic E-state index is -0.404. The topological polar surface area (TPSA) is 81.6 Å². The van der Waals surface area contributed by atoms with Crippen LogP contribution in [0.5, 0.6) is 0 Å². The van der Waals surface area contributed by atoms with Gasteiger partial charge in [0.1, 0.15) is 0 Å². The molecule has 1 heterocycles. The van der Waals surface area contributed by atoms with Gasteiger partial charge in [-0.25, -0.2) is 0 Å². The molecule has 5 heteroatoms. The van der Waals surface area contributed by atoms with Gasteiger partial charge in [-0.05, 0) is 26.2 Å². The van der Waals surface area contributed by atoms with Gasteiger partial charge in [-0.2, -0.15) is 0 Å². The summed E-state index contributed by atoms with van der Waals surface area (Å²) in [5.74, 6) is -0.0582. The molecule has 0 bridgehead atoms. The van der Waals surface area contributed by atoms with E-state index in [1.165, 1.54) is 0 Å². The van der Waals surface area contributed by atoms with Crippen LogP contribution in [0.2, 0.25) is 0 Å². The molecule has 1 aliphatic rings. The van der Waals surface area contributed by atoms with E-state index >= 15 is 0 Å². The quantitative estimate of drug-likeness (QED) is 0.444. The summed E-state index contributed by atoms with van der Waals surface area (Å²) in [5.41, 5.74) is 0. The number of carbonyl (C=O) groups excluding carboxylic acids is 1. The van der Waals surface area contributed by atoms with Gasteiger partial charge in [0.25, 0.3) is 0 Å². The molecule has 1 fully saturated rings. The molecular weight excluding hydrogens is 196 g/mol. The van der Waals surface area contributed by atoms with Crippen LogP contribution >= 0.6 is 0 Å². The molecule has 1 saturated heterocycles. The van der Waals surface area contributed by atoms with Crippen molar-refractivity contribution in [1.29, 1.82) is 0 Å². The predicted molar refractivity (Wildman–Crippen MR) is 56.3 cm³/mol. The lowest BCUT2D eigenvalue weighted by molar-refractivity contribution is -0.122. The Morgan fingerprint density at radius 1 is 1.67 bits per heavy atom. The molecule has 4 N–H and O–H groups in total. The van der Waals surface area contributed by atoms with Gasteiger partial charge in [0.15, 0.2) is 0 Å². The molecule has 3 atom stereocenters. The number of β-amino-alcohol motifs (C(OH)–C–C–N with tert-alkyl or cyclic N) is 1. The Labute approximate surface area is 89.9 Å². The Hall–Kier alpha value is -0.650. The van der Waals surface area contributed by atoms with Crippen LogP contribution in [0.4, 0.5) is 0 Å². The number of carbonyl (C=O) groups is 1. The molecule has 1 amide bonds. The number of nitrogens with one attached hydrogen (secondary N) is 2. The van der Waals surface area contributed by atoms with Crippen LogP contribution in [-0.4, -0.2) is 47.5 Å². The average molecular weight is 216 g/mol. The molecule has 1 rings (SSSR count). The Kier molecular flexibility index (Phi) is 5.01. The fourth-order valence-electron chi connectivity index (χ4n) is 1.65. The molecule has 0 saturated carbocycles. The molecule has 0 radical (unpaired) electrons. The van der Waals surface area contributed by atoms with E-state index in [9.17, 15) is 9.90 Å². The molecule has 0 aromatic rings. The minimum absolute atomic E-state index is 0.0582. The molecule has 0 aromatic carbocycles. The summed E-state index contributed by atoms with van der Waals surface area (Å²) in [5, 5.41) is 23.9. The predicted octanol–water partition coefficient (Wildman–Crippen LogP) is -1.01. The van der Waals surface area contributed by atoms with Crippen LogP contribution in [0.25, 0.3) is 0 Å². The van der Waals surface area contributed by atoms with Crippen LogP contribution in [0.1, 0.15) is 26.2 Å². The van der Waals surface area contributed by atoms with Crippen LogP contribution in [-0.2, 0) is 4.79 Å². The van der Waals surface area contributed by atoms with Crippen LogP contribution in [0.15, 0.2) is 0 Å². The van der Waals surface area contributed by atoms with Crippen molar-refractivity contribution in [3.63, 3.8) is 0 Å². The second-order valence-corrected chi connectivity index (χ2v) is 4.13. The highest BCUT2D eigenvalue weighted by Crippen LogP contribution is 2.06. The number of hydrogen-bond acceptors (Lipinski definition) is 4. The van der Waals surface area contributed by atoms with E-state index in [1.807, 2.05) is 0 Å². The molecule has 0 spiro atoms. The summed E-state index contributed by atoms with van der Waals surface area (Å²) in [6.45, 7) is 2.81. The van der Waals surface area contributed by atoms with Crippen LogP contribution in [0.3, 0.4) is 0 Å². The van der Waals surface area contributed by atoms with Crippen molar-refractivity contribution in [3.05, 3.63) is 0 Å². The maximum absolute atomic E-state index is 11.5. The summed E-state index contributed by atoms with van der Waals surface area (Å²) in [4.78, 5) is 11.5. The second-order valence-electron chi connectivity index (χ2n) is 4.13. The lowest BCUT2D eigenvalue weighted by Crippen LogP contribution is -2.40. The lowest BCUT2D eigenvalue weighted by atomic mass is 10.2. The molecule has 3 unspecified atom stereocenters.